The lowest BCUT2D eigenvalue weighted by Gasteiger charge is -2.38. The van der Waals surface area contributed by atoms with Crippen molar-refractivity contribution < 1.29 is 14.3 Å². The summed E-state index contributed by atoms with van der Waals surface area (Å²) in [4.78, 5) is 24.2. The summed E-state index contributed by atoms with van der Waals surface area (Å²) in [6, 6.07) is 13.8. The van der Waals surface area contributed by atoms with Crippen LogP contribution in [0.25, 0.3) is 21.8 Å². The highest BCUT2D eigenvalue weighted by atomic mass is 19.1. The molecule has 4 aromatic rings. The van der Waals surface area contributed by atoms with Gasteiger partial charge in [0.25, 0.3) is 0 Å². The van der Waals surface area contributed by atoms with Crippen molar-refractivity contribution in [2.75, 3.05) is 31.1 Å². The number of para-hydroxylation sites is 1. The van der Waals surface area contributed by atoms with Crippen LogP contribution in [0.2, 0.25) is 0 Å². The van der Waals surface area contributed by atoms with E-state index in [9.17, 15) is 14.3 Å². The number of aromatic amines is 1. The third kappa shape index (κ3) is 3.51. The van der Waals surface area contributed by atoms with Gasteiger partial charge in [-0.3, -0.25) is 9.69 Å². The minimum Gasteiger partial charge on any atom is -0.480 e. The van der Waals surface area contributed by atoms with Crippen LogP contribution >= 0.6 is 0 Å². The number of aryl methyl sites for hydroxylation is 1. The Hall–Kier alpha value is -3.45. The van der Waals surface area contributed by atoms with Crippen molar-refractivity contribution in [3.63, 3.8) is 0 Å². The number of hydrogen-bond acceptors (Lipinski definition) is 4. The Morgan fingerprint density at radius 2 is 1.87 bits per heavy atom. The average molecular weight is 418 g/mol. The number of carbonyl (C=O) groups is 1. The van der Waals surface area contributed by atoms with Crippen LogP contribution in [0.3, 0.4) is 0 Å². The summed E-state index contributed by atoms with van der Waals surface area (Å²) in [5, 5.41) is 11.9. The number of aromatic nitrogens is 2. The van der Waals surface area contributed by atoms with Crippen molar-refractivity contribution in [1.29, 1.82) is 0 Å². The highest BCUT2D eigenvalue weighted by molar-refractivity contribution is 5.89. The van der Waals surface area contributed by atoms with Gasteiger partial charge < -0.3 is 15.0 Å². The molecule has 5 rings (SSSR count). The number of rotatable bonds is 4. The molecule has 6 nitrogen and oxygen atoms in total. The summed E-state index contributed by atoms with van der Waals surface area (Å²) < 4.78 is 13.5. The maximum absolute atomic E-state index is 13.5. The zero-order valence-corrected chi connectivity index (χ0v) is 17.2. The van der Waals surface area contributed by atoms with Crippen LogP contribution in [-0.2, 0) is 4.79 Å². The second kappa shape index (κ2) is 7.67. The molecule has 1 aliphatic rings. The molecule has 0 aliphatic carbocycles. The van der Waals surface area contributed by atoms with Gasteiger partial charge in [-0.15, -0.1) is 0 Å². The molecule has 7 heteroatoms. The Bertz CT molecular complexity index is 1280. The number of fused-ring (bicyclic) bond motifs is 2. The fourth-order valence-corrected chi connectivity index (χ4v) is 4.54. The smallest absolute Gasteiger partial charge is 0.325 e. The molecule has 0 amide bonds. The molecule has 1 aliphatic heterocycles. The normalized spacial score (nSPS) is 16.1. The highest BCUT2D eigenvalue weighted by Crippen LogP contribution is 2.31. The predicted molar refractivity (Wildman–Crippen MR) is 119 cm³/mol. The van der Waals surface area contributed by atoms with Gasteiger partial charge in [-0.25, -0.2) is 9.37 Å². The predicted octanol–water partition coefficient (Wildman–Crippen LogP) is 4.11. The van der Waals surface area contributed by atoms with Crippen molar-refractivity contribution >= 4 is 33.6 Å². The zero-order valence-electron chi connectivity index (χ0n) is 17.2. The Labute approximate surface area is 178 Å². The number of halogens is 1. The van der Waals surface area contributed by atoms with Crippen LogP contribution in [0.4, 0.5) is 10.2 Å². The SMILES string of the molecule is Cc1cc(N2CCN([C@@H](C(=O)O)c3c[nH]c4cc(F)ccc34)CC2)nc2ccccc12. The molecule has 0 radical (unpaired) electrons. The van der Waals surface area contributed by atoms with E-state index in [1.54, 1.807) is 12.3 Å². The molecular weight excluding hydrogens is 395 g/mol. The number of piperazine rings is 1. The Balaban J connectivity index is 1.39. The summed E-state index contributed by atoms with van der Waals surface area (Å²) in [5.41, 5.74) is 3.41. The van der Waals surface area contributed by atoms with Crippen molar-refractivity contribution in [2.24, 2.45) is 0 Å². The molecule has 31 heavy (non-hydrogen) atoms. The molecule has 0 spiro atoms. The second-order valence-electron chi connectivity index (χ2n) is 8.01. The van der Waals surface area contributed by atoms with Crippen molar-refractivity contribution in [2.45, 2.75) is 13.0 Å². The van der Waals surface area contributed by atoms with Gasteiger partial charge in [-0.05, 0) is 42.8 Å². The topological polar surface area (TPSA) is 72.5 Å². The largest absolute Gasteiger partial charge is 0.480 e. The number of carboxylic acids is 1. The van der Waals surface area contributed by atoms with E-state index >= 15 is 0 Å². The van der Waals surface area contributed by atoms with E-state index in [1.165, 1.54) is 17.7 Å². The van der Waals surface area contributed by atoms with E-state index in [4.69, 9.17) is 4.98 Å². The Morgan fingerprint density at radius 3 is 2.65 bits per heavy atom. The van der Waals surface area contributed by atoms with Gasteiger partial charge in [0.05, 0.1) is 5.52 Å². The monoisotopic (exact) mass is 418 g/mol. The Morgan fingerprint density at radius 1 is 1.10 bits per heavy atom. The average Bonchev–Trinajstić information content (AvgIpc) is 3.16. The van der Waals surface area contributed by atoms with E-state index in [1.807, 2.05) is 23.1 Å². The summed E-state index contributed by atoms with van der Waals surface area (Å²) in [6.07, 6.45) is 1.68. The number of benzene rings is 2. The number of aliphatic carboxylic acids is 1. The molecule has 1 atom stereocenters. The molecule has 0 saturated carbocycles. The lowest BCUT2D eigenvalue weighted by Crippen LogP contribution is -2.49. The standard InChI is InChI=1S/C24H23FN4O2/c1-15-12-22(27-20-5-3-2-4-17(15)20)28-8-10-29(11-9-28)23(24(30)31)19-14-26-21-13-16(25)6-7-18(19)21/h2-7,12-14,23,26H,8-11H2,1H3,(H,30,31)/t23-/m1/s1. The van der Waals surface area contributed by atoms with Gasteiger partial charge in [0.1, 0.15) is 17.7 Å². The number of nitrogens with one attached hydrogen (secondary N) is 1. The molecule has 3 heterocycles. The second-order valence-corrected chi connectivity index (χ2v) is 8.01. The minimum absolute atomic E-state index is 0.348. The summed E-state index contributed by atoms with van der Waals surface area (Å²) >= 11 is 0. The van der Waals surface area contributed by atoms with E-state index in [-0.39, 0.29) is 5.82 Å². The van der Waals surface area contributed by atoms with E-state index in [2.05, 4.69) is 28.9 Å². The lowest BCUT2D eigenvalue weighted by atomic mass is 10.0. The van der Waals surface area contributed by atoms with Crippen LogP contribution in [0.15, 0.2) is 54.7 Å². The maximum atomic E-state index is 13.5. The molecule has 2 aromatic heterocycles. The third-order valence-electron chi connectivity index (χ3n) is 6.12. The van der Waals surface area contributed by atoms with Crippen LogP contribution < -0.4 is 4.90 Å². The molecule has 2 N–H and O–H groups in total. The van der Waals surface area contributed by atoms with Gasteiger partial charge in [0.2, 0.25) is 0 Å². The Kier molecular flexibility index (Phi) is 4.82. The maximum Gasteiger partial charge on any atom is 0.325 e. The van der Waals surface area contributed by atoms with Gasteiger partial charge in [-0.1, -0.05) is 18.2 Å². The first-order chi connectivity index (χ1) is 15.0. The quantitative estimate of drug-likeness (QED) is 0.522. The number of pyridine rings is 1. The molecule has 1 saturated heterocycles. The number of hydrogen-bond donors (Lipinski definition) is 2. The number of carboxylic acid groups (broad SMARTS) is 1. The number of H-pyrrole nitrogens is 1. The van der Waals surface area contributed by atoms with E-state index in [0.717, 1.165) is 22.1 Å². The molecule has 2 aromatic carbocycles. The van der Waals surface area contributed by atoms with E-state index in [0.29, 0.717) is 37.3 Å². The van der Waals surface area contributed by atoms with Gasteiger partial charge in [0.15, 0.2) is 0 Å². The first-order valence-electron chi connectivity index (χ1n) is 10.4. The van der Waals surface area contributed by atoms with Crippen LogP contribution in [-0.4, -0.2) is 52.1 Å². The van der Waals surface area contributed by atoms with Crippen LogP contribution in [0.1, 0.15) is 17.2 Å². The van der Waals surface area contributed by atoms with Crippen molar-refractivity contribution in [3.8, 4) is 0 Å². The highest BCUT2D eigenvalue weighted by Gasteiger charge is 2.32. The molecule has 0 unspecified atom stereocenters. The molecule has 1 fully saturated rings. The van der Waals surface area contributed by atoms with Gasteiger partial charge in [0, 0.05) is 54.2 Å². The number of anilines is 1. The number of nitrogens with zero attached hydrogens (tertiary/aromatic N) is 3. The third-order valence-corrected chi connectivity index (χ3v) is 6.12. The van der Waals surface area contributed by atoms with Crippen LogP contribution in [0.5, 0.6) is 0 Å². The first-order valence-corrected chi connectivity index (χ1v) is 10.4. The summed E-state index contributed by atoms with van der Waals surface area (Å²) in [5.74, 6) is -0.330. The summed E-state index contributed by atoms with van der Waals surface area (Å²) in [7, 11) is 0. The van der Waals surface area contributed by atoms with E-state index < -0.39 is 12.0 Å². The fraction of sp³-hybridized carbons (Fsp3) is 0.250. The molecular formula is C24H23FN4O2. The molecule has 0 bridgehead atoms. The van der Waals surface area contributed by atoms with Crippen molar-refractivity contribution in [1.82, 2.24) is 14.9 Å². The summed E-state index contributed by atoms with van der Waals surface area (Å²) in [6.45, 7) is 4.65. The zero-order chi connectivity index (χ0) is 21.5. The van der Waals surface area contributed by atoms with Gasteiger partial charge >= 0.3 is 5.97 Å². The minimum atomic E-state index is -0.904. The lowest BCUT2D eigenvalue weighted by molar-refractivity contribution is -0.143. The van der Waals surface area contributed by atoms with Crippen LogP contribution in [0, 0.1) is 12.7 Å². The molecule has 158 valence electrons. The first kappa shape index (κ1) is 19.5. The van der Waals surface area contributed by atoms with Gasteiger partial charge in [-0.2, -0.15) is 0 Å². The van der Waals surface area contributed by atoms with Crippen molar-refractivity contribution in [3.05, 3.63) is 71.7 Å². The fourth-order valence-electron chi connectivity index (χ4n) is 4.54.